The normalized spacial score (nSPS) is 9.92. The molecule has 0 aliphatic heterocycles. The highest BCUT2D eigenvalue weighted by Crippen LogP contribution is 2.16. The van der Waals surface area contributed by atoms with E-state index in [1.165, 1.54) is 11.8 Å². The Bertz CT molecular complexity index is 760. The molecule has 0 unspecified atom stereocenters. The highest BCUT2D eigenvalue weighted by molar-refractivity contribution is 5.94. The van der Waals surface area contributed by atoms with Gasteiger partial charge in [0.15, 0.2) is 0 Å². The summed E-state index contributed by atoms with van der Waals surface area (Å²) in [5, 5.41) is 8.08. The summed E-state index contributed by atoms with van der Waals surface area (Å²) >= 11 is 0. The van der Waals surface area contributed by atoms with Crippen LogP contribution in [0.1, 0.15) is 17.3 Å². The smallest absolute Gasteiger partial charge is 0.319 e. The lowest BCUT2D eigenvalue weighted by atomic mass is 10.2. The summed E-state index contributed by atoms with van der Waals surface area (Å²) in [5.41, 5.74) is 1.93. The van der Waals surface area contributed by atoms with E-state index >= 15 is 0 Å². The summed E-state index contributed by atoms with van der Waals surface area (Å²) in [6, 6.07) is 15.4. The Hall–Kier alpha value is -3.35. The summed E-state index contributed by atoms with van der Waals surface area (Å²) < 4.78 is 0. The molecule has 2 rings (SSSR count). The first-order valence-corrected chi connectivity index (χ1v) is 8.20. The molecule has 2 aromatic rings. The third-order valence-corrected chi connectivity index (χ3v) is 3.72. The lowest BCUT2D eigenvalue weighted by Crippen LogP contribution is -2.36. The van der Waals surface area contributed by atoms with Crippen molar-refractivity contribution in [2.45, 2.75) is 6.92 Å². The van der Waals surface area contributed by atoms with Gasteiger partial charge in [-0.3, -0.25) is 9.59 Å². The van der Waals surface area contributed by atoms with Gasteiger partial charge in [0.1, 0.15) is 0 Å². The summed E-state index contributed by atoms with van der Waals surface area (Å²) in [4.78, 5) is 36.5. The van der Waals surface area contributed by atoms with Gasteiger partial charge in [-0.2, -0.15) is 0 Å². The minimum atomic E-state index is -0.369. The van der Waals surface area contributed by atoms with Crippen LogP contribution in [0.2, 0.25) is 0 Å². The van der Waals surface area contributed by atoms with Crippen molar-refractivity contribution in [2.24, 2.45) is 0 Å². The van der Waals surface area contributed by atoms with E-state index in [4.69, 9.17) is 0 Å². The zero-order valence-electron chi connectivity index (χ0n) is 14.8. The first-order valence-electron chi connectivity index (χ1n) is 8.20. The first-order chi connectivity index (χ1) is 12.5. The van der Waals surface area contributed by atoms with Gasteiger partial charge in [-0.05, 0) is 36.4 Å². The maximum atomic E-state index is 11.9. The van der Waals surface area contributed by atoms with E-state index in [-0.39, 0.29) is 17.8 Å². The number of hydrogen-bond donors (Lipinski definition) is 3. The number of carbonyl (C=O) groups excluding carboxylic acids is 3. The Morgan fingerprint density at radius 2 is 1.50 bits per heavy atom. The molecule has 0 radical (unpaired) electrons. The largest absolute Gasteiger partial charge is 0.350 e. The van der Waals surface area contributed by atoms with Gasteiger partial charge in [0.25, 0.3) is 5.91 Å². The van der Waals surface area contributed by atoms with Crippen molar-refractivity contribution in [1.82, 2.24) is 10.6 Å². The molecule has 0 fully saturated rings. The van der Waals surface area contributed by atoms with Gasteiger partial charge in [-0.25, -0.2) is 4.79 Å². The van der Waals surface area contributed by atoms with Gasteiger partial charge in [-0.15, -0.1) is 0 Å². The monoisotopic (exact) mass is 354 g/mol. The van der Waals surface area contributed by atoms with E-state index in [0.29, 0.717) is 24.3 Å². The zero-order chi connectivity index (χ0) is 18.9. The number of nitrogens with one attached hydrogen (secondary N) is 3. The fourth-order valence-corrected chi connectivity index (χ4v) is 2.17. The number of benzene rings is 2. The van der Waals surface area contributed by atoms with Crippen LogP contribution in [-0.2, 0) is 4.79 Å². The standard InChI is InChI=1S/C19H22N4O3/c1-14(24)23(2)17-10-8-16(9-11-17)22-19(26)21-13-12-20-18(25)15-6-4-3-5-7-15/h3-11H,12-13H2,1-2H3,(H,20,25)(H2,21,22,26). The molecule has 4 amide bonds. The van der Waals surface area contributed by atoms with Crippen LogP contribution in [0.5, 0.6) is 0 Å². The molecule has 0 atom stereocenters. The van der Waals surface area contributed by atoms with Crippen LogP contribution >= 0.6 is 0 Å². The Kier molecular flexibility index (Phi) is 6.73. The first kappa shape index (κ1) is 19.0. The number of carbonyl (C=O) groups is 3. The lowest BCUT2D eigenvalue weighted by molar-refractivity contribution is -0.116. The molecule has 7 nitrogen and oxygen atoms in total. The molecule has 0 saturated heterocycles. The Morgan fingerprint density at radius 1 is 0.885 bits per heavy atom. The van der Waals surface area contributed by atoms with E-state index in [2.05, 4.69) is 16.0 Å². The number of amides is 4. The van der Waals surface area contributed by atoms with Crippen LogP contribution in [0.4, 0.5) is 16.2 Å². The van der Waals surface area contributed by atoms with Crippen molar-refractivity contribution in [1.29, 1.82) is 0 Å². The second kappa shape index (κ2) is 9.22. The molecular formula is C19H22N4O3. The summed E-state index contributed by atoms with van der Waals surface area (Å²) in [7, 11) is 1.68. The summed E-state index contributed by atoms with van der Waals surface area (Å²) in [5.74, 6) is -0.251. The SMILES string of the molecule is CC(=O)N(C)c1ccc(NC(=O)NCCNC(=O)c2ccccc2)cc1. The summed E-state index contributed by atoms with van der Waals surface area (Å²) in [6.07, 6.45) is 0. The zero-order valence-corrected chi connectivity index (χ0v) is 14.8. The Labute approximate surface area is 152 Å². The molecule has 0 aliphatic carbocycles. The van der Waals surface area contributed by atoms with Crippen LogP contribution < -0.4 is 20.9 Å². The fourth-order valence-electron chi connectivity index (χ4n) is 2.17. The van der Waals surface area contributed by atoms with Gasteiger partial charge in [-0.1, -0.05) is 18.2 Å². The number of anilines is 2. The molecule has 2 aromatic carbocycles. The number of urea groups is 1. The molecule has 0 heterocycles. The Morgan fingerprint density at radius 3 is 2.12 bits per heavy atom. The lowest BCUT2D eigenvalue weighted by Gasteiger charge is -2.15. The van der Waals surface area contributed by atoms with Gasteiger partial charge < -0.3 is 20.9 Å². The van der Waals surface area contributed by atoms with E-state index in [0.717, 1.165) is 5.69 Å². The maximum absolute atomic E-state index is 11.9. The van der Waals surface area contributed by atoms with Crippen molar-refractivity contribution in [3.05, 3.63) is 60.2 Å². The second-order valence-electron chi connectivity index (χ2n) is 5.63. The van der Waals surface area contributed by atoms with Crippen molar-refractivity contribution < 1.29 is 14.4 Å². The number of nitrogens with zero attached hydrogens (tertiary/aromatic N) is 1. The predicted octanol–water partition coefficient (Wildman–Crippen LogP) is 2.22. The van der Waals surface area contributed by atoms with Crippen LogP contribution in [-0.4, -0.2) is 38.0 Å². The third-order valence-electron chi connectivity index (χ3n) is 3.72. The molecule has 0 saturated carbocycles. The molecule has 26 heavy (non-hydrogen) atoms. The van der Waals surface area contributed by atoms with Crippen LogP contribution in [0.15, 0.2) is 54.6 Å². The van der Waals surface area contributed by atoms with Gasteiger partial charge in [0, 0.05) is 44.0 Å². The molecule has 7 heteroatoms. The average molecular weight is 354 g/mol. The van der Waals surface area contributed by atoms with Gasteiger partial charge in [0.2, 0.25) is 5.91 Å². The molecule has 0 spiro atoms. The van der Waals surface area contributed by atoms with E-state index in [9.17, 15) is 14.4 Å². The van der Waals surface area contributed by atoms with E-state index in [1.54, 1.807) is 55.6 Å². The molecule has 0 aromatic heterocycles. The highest BCUT2D eigenvalue weighted by Gasteiger charge is 2.07. The quantitative estimate of drug-likeness (QED) is 0.695. The summed E-state index contributed by atoms with van der Waals surface area (Å²) in [6.45, 7) is 2.11. The third kappa shape index (κ3) is 5.62. The van der Waals surface area contributed by atoms with Gasteiger partial charge in [0.05, 0.1) is 0 Å². The molecular weight excluding hydrogens is 332 g/mol. The minimum absolute atomic E-state index is 0.0685. The highest BCUT2D eigenvalue weighted by atomic mass is 16.2. The molecule has 0 aliphatic rings. The number of rotatable bonds is 6. The van der Waals surface area contributed by atoms with E-state index in [1.807, 2.05) is 6.07 Å². The minimum Gasteiger partial charge on any atom is -0.350 e. The molecule has 136 valence electrons. The molecule has 3 N–H and O–H groups in total. The van der Waals surface area contributed by atoms with Crippen molar-refractivity contribution in [3.8, 4) is 0 Å². The topological polar surface area (TPSA) is 90.5 Å². The maximum Gasteiger partial charge on any atom is 0.319 e. The second-order valence-corrected chi connectivity index (χ2v) is 5.63. The Balaban J connectivity index is 1.72. The van der Waals surface area contributed by atoms with Crippen molar-refractivity contribution in [2.75, 3.05) is 30.4 Å². The van der Waals surface area contributed by atoms with Crippen LogP contribution in [0, 0.1) is 0 Å². The number of hydrogen-bond acceptors (Lipinski definition) is 3. The molecule has 0 bridgehead atoms. The van der Waals surface area contributed by atoms with Crippen LogP contribution in [0.3, 0.4) is 0 Å². The average Bonchev–Trinajstić information content (AvgIpc) is 2.65. The van der Waals surface area contributed by atoms with Crippen LogP contribution in [0.25, 0.3) is 0 Å². The van der Waals surface area contributed by atoms with Crippen molar-refractivity contribution >= 4 is 29.2 Å². The van der Waals surface area contributed by atoms with Gasteiger partial charge >= 0.3 is 6.03 Å². The van der Waals surface area contributed by atoms with E-state index < -0.39 is 0 Å². The fraction of sp³-hybridized carbons (Fsp3) is 0.211. The van der Waals surface area contributed by atoms with Crippen molar-refractivity contribution in [3.63, 3.8) is 0 Å². The predicted molar refractivity (Wildman–Crippen MR) is 101 cm³/mol.